The summed E-state index contributed by atoms with van der Waals surface area (Å²) in [6, 6.07) is 27.2. The molecule has 6 heteroatoms. The van der Waals surface area contributed by atoms with Gasteiger partial charge in [0.05, 0.1) is 18.8 Å². The SMILES string of the molecule is C[C@H](Cc1ccc(OCCO)cc1)N(C[C@@H](O)c1ccccc1)C[C@@H](O)c1ccccc1.Cl. The molecule has 0 aliphatic heterocycles. The van der Waals surface area contributed by atoms with E-state index in [1.807, 2.05) is 84.9 Å². The van der Waals surface area contributed by atoms with Gasteiger partial charge in [0.15, 0.2) is 0 Å². The Balaban J connectivity index is 0.00000385. The summed E-state index contributed by atoms with van der Waals surface area (Å²) in [5.41, 5.74) is 2.87. The van der Waals surface area contributed by atoms with Crippen molar-refractivity contribution < 1.29 is 20.1 Å². The summed E-state index contributed by atoms with van der Waals surface area (Å²) in [7, 11) is 0. The van der Waals surface area contributed by atoms with Crippen LogP contribution in [0.3, 0.4) is 0 Å². The Kier molecular flexibility index (Phi) is 11.4. The summed E-state index contributed by atoms with van der Waals surface area (Å²) in [5, 5.41) is 30.6. The van der Waals surface area contributed by atoms with E-state index in [2.05, 4.69) is 11.8 Å². The third-order valence-electron chi connectivity index (χ3n) is 5.62. The molecule has 5 nitrogen and oxygen atoms in total. The molecule has 0 amide bonds. The maximum atomic E-state index is 10.8. The molecule has 0 heterocycles. The van der Waals surface area contributed by atoms with E-state index in [0.29, 0.717) is 13.1 Å². The highest BCUT2D eigenvalue weighted by atomic mass is 35.5. The van der Waals surface area contributed by atoms with Crippen LogP contribution in [0.4, 0.5) is 0 Å². The van der Waals surface area contributed by atoms with Crippen molar-refractivity contribution in [3.63, 3.8) is 0 Å². The molecule has 3 N–H and O–H groups in total. The van der Waals surface area contributed by atoms with Crippen molar-refractivity contribution in [2.24, 2.45) is 0 Å². The second-order valence-corrected chi connectivity index (χ2v) is 8.08. The van der Waals surface area contributed by atoms with E-state index >= 15 is 0 Å². The van der Waals surface area contributed by atoms with Crippen LogP contribution in [0.25, 0.3) is 0 Å². The minimum atomic E-state index is -0.643. The molecule has 3 aromatic carbocycles. The van der Waals surface area contributed by atoms with Gasteiger partial charge in [0.1, 0.15) is 12.4 Å². The second kappa shape index (κ2) is 14.0. The Labute approximate surface area is 202 Å². The highest BCUT2D eigenvalue weighted by Crippen LogP contribution is 2.22. The number of rotatable bonds is 12. The van der Waals surface area contributed by atoms with Crippen LogP contribution < -0.4 is 4.74 Å². The molecule has 178 valence electrons. The van der Waals surface area contributed by atoms with E-state index in [1.165, 1.54) is 0 Å². The van der Waals surface area contributed by atoms with Gasteiger partial charge in [-0.2, -0.15) is 0 Å². The number of halogens is 1. The summed E-state index contributed by atoms with van der Waals surface area (Å²) < 4.78 is 5.44. The van der Waals surface area contributed by atoms with Gasteiger partial charge in [-0.15, -0.1) is 12.4 Å². The predicted octanol–water partition coefficient (Wildman–Crippen LogP) is 4.18. The Morgan fingerprint density at radius 1 is 0.758 bits per heavy atom. The van der Waals surface area contributed by atoms with Crippen LogP contribution in [0.1, 0.15) is 35.8 Å². The number of hydrogen-bond acceptors (Lipinski definition) is 5. The summed E-state index contributed by atoms with van der Waals surface area (Å²) in [5.74, 6) is 0.728. The number of nitrogens with zero attached hydrogens (tertiary/aromatic N) is 1. The number of aliphatic hydroxyl groups is 3. The van der Waals surface area contributed by atoms with E-state index in [1.54, 1.807) is 0 Å². The molecule has 3 rings (SSSR count). The molecule has 0 fully saturated rings. The van der Waals surface area contributed by atoms with Gasteiger partial charge in [-0.3, -0.25) is 4.90 Å². The first-order valence-corrected chi connectivity index (χ1v) is 11.1. The smallest absolute Gasteiger partial charge is 0.119 e. The number of aliphatic hydroxyl groups excluding tert-OH is 3. The van der Waals surface area contributed by atoms with Gasteiger partial charge in [0, 0.05) is 19.1 Å². The summed E-state index contributed by atoms with van der Waals surface area (Å²) in [6.45, 7) is 3.23. The molecule has 33 heavy (non-hydrogen) atoms. The summed E-state index contributed by atoms with van der Waals surface area (Å²) >= 11 is 0. The van der Waals surface area contributed by atoms with Crippen molar-refractivity contribution in [1.29, 1.82) is 0 Å². The van der Waals surface area contributed by atoms with Crippen molar-refractivity contribution in [3.8, 4) is 5.75 Å². The van der Waals surface area contributed by atoms with Crippen LogP contribution in [0.15, 0.2) is 84.9 Å². The summed E-state index contributed by atoms with van der Waals surface area (Å²) in [4.78, 5) is 2.14. The first-order valence-electron chi connectivity index (χ1n) is 11.1. The first-order chi connectivity index (χ1) is 15.6. The van der Waals surface area contributed by atoms with Crippen LogP contribution in [0, 0.1) is 0 Å². The quantitative estimate of drug-likeness (QED) is 0.369. The van der Waals surface area contributed by atoms with Gasteiger partial charge in [-0.25, -0.2) is 0 Å². The van der Waals surface area contributed by atoms with Crippen LogP contribution in [0.2, 0.25) is 0 Å². The summed E-state index contributed by atoms with van der Waals surface area (Å²) in [6.07, 6.45) is -0.518. The van der Waals surface area contributed by atoms with Crippen molar-refractivity contribution in [1.82, 2.24) is 4.90 Å². The lowest BCUT2D eigenvalue weighted by atomic mass is 10.0. The van der Waals surface area contributed by atoms with Crippen LogP contribution >= 0.6 is 12.4 Å². The molecule has 0 saturated carbocycles. The molecule has 3 aromatic rings. The number of benzene rings is 3. The molecular formula is C27H34ClNO4. The van der Waals surface area contributed by atoms with Gasteiger partial charge >= 0.3 is 0 Å². The molecule has 0 saturated heterocycles. The normalized spacial score (nSPS) is 13.7. The van der Waals surface area contributed by atoms with Gasteiger partial charge in [0.2, 0.25) is 0 Å². The molecule has 0 bridgehead atoms. The lowest BCUT2D eigenvalue weighted by Gasteiger charge is -2.33. The van der Waals surface area contributed by atoms with Crippen LogP contribution in [-0.2, 0) is 6.42 Å². The Hall–Kier alpha value is -2.41. The zero-order valence-corrected chi connectivity index (χ0v) is 19.8. The van der Waals surface area contributed by atoms with E-state index in [0.717, 1.165) is 28.9 Å². The average molecular weight is 472 g/mol. The lowest BCUT2D eigenvalue weighted by Crippen LogP contribution is -2.40. The standard InChI is InChI=1S/C27H33NO4.ClH/c1-21(18-22-12-14-25(15-13-22)32-17-16-29)28(19-26(30)23-8-4-2-5-9-23)20-27(31)24-10-6-3-7-11-24;/h2-15,21,26-27,29-31H,16-20H2,1H3;1H/t21-,26-,27-;/m1./s1. The fourth-order valence-corrected chi connectivity index (χ4v) is 3.80. The van der Waals surface area contributed by atoms with Crippen molar-refractivity contribution >= 4 is 12.4 Å². The number of hydrogen-bond donors (Lipinski definition) is 3. The molecule has 0 unspecified atom stereocenters. The third-order valence-corrected chi connectivity index (χ3v) is 5.62. The Morgan fingerprint density at radius 3 is 1.70 bits per heavy atom. The Morgan fingerprint density at radius 2 is 1.24 bits per heavy atom. The minimum absolute atomic E-state index is 0. The van der Waals surface area contributed by atoms with Gasteiger partial charge in [0.25, 0.3) is 0 Å². The molecule has 0 aliphatic carbocycles. The van der Waals surface area contributed by atoms with Crippen molar-refractivity contribution in [3.05, 3.63) is 102 Å². The van der Waals surface area contributed by atoms with Crippen LogP contribution in [-0.4, -0.2) is 52.6 Å². The fraction of sp³-hybridized carbons (Fsp3) is 0.333. The number of ether oxygens (including phenoxy) is 1. The maximum absolute atomic E-state index is 10.8. The molecule has 0 spiro atoms. The van der Waals surface area contributed by atoms with Crippen molar-refractivity contribution in [2.45, 2.75) is 31.6 Å². The fourth-order valence-electron chi connectivity index (χ4n) is 3.80. The first kappa shape index (κ1) is 26.8. The zero-order valence-electron chi connectivity index (χ0n) is 19.0. The largest absolute Gasteiger partial charge is 0.491 e. The van der Waals surface area contributed by atoms with Gasteiger partial charge in [-0.1, -0.05) is 72.8 Å². The average Bonchev–Trinajstić information content (AvgIpc) is 2.84. The van der Waals surface area contributed by atoms with Crippen molar-refractivity contribution in [2.75, 3.05) is 26.3 Å². The minimum Gasteiger partial charge on any atom is -0.491 e. The highest BCUT2D eigenvalue weighted by Gasteiger charge is 2.22. The van der Waals surface area contributed by atoms with Gasteiger partial charge < -0.3 is 20.1 Å². The van der Waals surface area contributed by atoms with E-state index in [9.17, 15) is 10.2 Å². The van der Waals surface area contributed by atoms with Gasteiger partial charge in [-0.05, 0) is 42.2 Å². The lowest BCUT2D eigenvalue weighted by molar-refractivity contribution is 0.0480. The van der Waals surface area contributed by atoms with Crippen LogP contribution in [0.5, 0.6) is 5.75 Å². The highest BCUT2D eigenvalue weighted by molar-refractivity contribution is 5.85. The monoisotopic (exact) mass is 471 g/mol. The molecule has 3 atom stereocenters. The van der Waals surface area contributed by atoms with E-state index < -0.39 is 12.2 Å². The zero-order chi connectivity index (χ0) is 22.8. The van der Waals surface area contributed by atoms with E-state index in [4.69, 9.17) is 9.84 Å². The second-order valence-electron chi connectivity index (χ2n) is 8.08. The molecule has 0 aromatic heterocycles. The predicted molar refractivity (Wildman–Crippen MR) is 134 cm³/mol. The molecule has 0 aliphatic rings. The third kappa shape index (κ3) is 8.46. The Bertz CT molecular complexity index is 861. The maximum Gasteiger partial charge on any atom is 0.119 e. The molecule has 0 radical (unpaired) electrons. The molecular weight excluding hydrogens is 438 g/mol. The van der Waals surface area contributed by atoms with E-state index in [-0.39, 0.29) is 31.7 Å². The topological polar surface area (TPSA) is 73.2 Å².